The van der Waals surface area contributed by atoms with Crippen LogP contribution in [0.15, 0.2) is 40.2 Å². The molecule has 1 fully saturated rings. The summed E-state index contributed by atoms with van der Waals surface area (Å²) < 4.78 is 3.12. The Bertz CT molecular complexity index is 654. The molecule has 5 nitrogen and oxygen atoms in total. The second kappa shape index (κ2) is 6.83. The molecule has 7 heteroatoms. The lowest BCUT2D eigenvalue weighted by molar-refractivity contribution is -0.127. The fourth-order valence-corrected chi connectivity index (χ4v) is 3.31. The molecule has 1 heterocycles. The van der Waals surface area contributed by atoms with Gasteiger partial charge in [-0.1, -0.05) is 39.8 Å². The summed E-state index contributed by atoms with van der Waals surface area (Å²) in [6, 6.07) is 8.55. The van der Waals surface area contributed by atoms with Crippen LogP contribution < -0.4 is 0 Å². The Morgan fingerprint density at radius 3 is 2.82 bits per heavy atom. The van der Waals surface area contributed by atoms with Gasteiger partial charge in [0.15, 0.2) is 5.16 Å². The quantitative estimate of drug-likeness (QED) is 0.722. The van der Waals surface area contributed by atoms with E-state index in [4.69, 9.17) is 0 Å². The van der Waals surface area contributed by atoms with E-state index >= 15 is 0 Å². The molecule has 0 bridgehead atoms. The predicted molar refractivity (Wildman–Crippen MR) is 89.6 cm³/mol. The highest BCUT2D eigenvalue weighted by molar-refractivity contribution is 9.10. The first kappa shape index (κ1) is 15.6. The summed E-state index contributed by atoms with van der Waals surface area (Å²) in [5.41, 5.74) is 1.12. The van der Waals surface area contributed by atoms with E-state index in [1.807, 2.05) is 31.3 Å². The van der Waals surface area contributed by atoms with Gasteiger partial charge in [0.25, 0.3) is 0 Å². The first-order chi connectivity index (χ1) is 10.6. The zero-order chi connectivity index (χ0) is 15.5. The summed E-state index contributed by atoms with van der Waals surface area (Å²) in [7, 11) is 1.83. The molecule has 0 atom stereocenters. The Morgan fingerprint density at radius 1 is 1.41 bits per heavy atom. The zero-order valence-electron chi connectivity index (χ0n) is 12.3. The van der Waals surface area contributed by atoms with E-state index in [1.54, 1.807) is 11.2 Å². The Kier molecular flexibility index (Phi) is 4.83. The van der Waals surface area contributed by atoms with Crippen molar-refractivity contribution < 1.29 is 4.79 Å². The first-order valence-corrected chi connectivity index (χ1v) is 8.92. The Hall–Kier alpha value is -1.34. The van der Waals surface area contributed by atoms with Crippen molar-refractivity contribution in [2.75, 3.05) is 12.8 Å². The van der Waals surface area contributed by atoms with E-state index in [2.05, 4.69) is 30.7 Å². The van der Waals surface area contributed by atoms with Crippen LogP contribution in [0.1, 0.15) is 24.4 Å². The fourth-order valence-electron chi connectivity index (χ4n) is 2.13. The lowest BCUT2D eigenvalue weighted by Gasteiger charge is -2.17. The van der Waals surface area contributed by atoms with Crippen molar-refractivity contribution in [2.24, 2.45) is 0 Å². The summed E-state index contributed by atoms with van der Waals surface area (Å²) in [4.78, 5) is 14.0. The van der Waals surface area contributed by atoms with Crippen molar-refractivity contribution in [3.63, 3.8) is 0 Å². The minimum absolute atomic E-state index is 0.0956. The predicted octanol–water partition coefficient (Wildman–Crippen LogP) is 3.13. The van der Waals surface area contributed by atoms with Gasteiger partial charge in [-0.2, -0.15) is 0 Å². The van der Waals surface area contributed by atoms with Crippen molar-refractivity contribution in [3.8, 4) is 0 Å². The minimum atomic E-state index is 0.0956. The van der Waals surface area contributed by atoms with Gasteiger partial charge < -0.3 is 9.47 Å². The van der Waals surface area contributed by atoms with Crippen LogP contribution >= 0.6 is 27.7 Å². The van der Waals surface area contributed by atoms with Crippen molar-refractivity contribution in [1.82, 2.24) is 19.7 Å². The SMILES string of the molecule is CN(Cc1ccc(Br)cc1)C(=O)CSc1nncn1C1CC1. The molecule has 116 valence electrons. The number of hydrogen-bond acceptors (Lipinski definition) is 4. The smallest absolute Gasteiger partial charge is 0.233 e. The van der Waals surface area contributed by atoms with Gasteiger partial charge in [0.1, 0.15) is 6.33 Å². The molecule has 1 aromatic carbocycles. The Morgan fingerprint density at radius 2 is 2.14 bits per heavy atom. The average Bonchev–Trinajstić information content (AvgIpc) is 3.25. The number of halogens is 1. The topological polar surface area (TPSA) is 51.0 Å². The molecule has 1 saturated carbocycles. The van der Waals surface area contributed by atoms with E-state index in [-0.39, 0.29) is 5.91 Å². The summed E-state index contributed by atoms with van der Waals surface area (Å²) in [6.07, 6.45) is 4.13. The van der Waals surface area contributed by atoms with Crippen molar-refractivity contribution in [2.45, 2.75) is 30.6 Å². The second-order valence-electron chi connectivity index (χ2n) is 5.42. The summed E-state index contributed by atoms with van der Waals surface area (Å²) >= 11 is 4.87. The van der Waals surface area contributed by atoms with Gasteiger partial charge >= 0.3 is 0 Å². The fraction of sp³-hybridized carbons (Fsp3) is 0.400. The van der Waals surface area contributed by atoms with Crippen LogP contribution in [0.3, 0.4) is 0 Å². The maximum Gasteiger partial charge on any atom is 0.233 e. The highest BCUT2D eigenvalue weighted by Gasteiger charge is 2.26. The summed E-state index contributed by atoms with van der Waals surface area (Å²) in [6.45, 7) is 0.613. The van der Waals surface area contributed by atoms with E-state index in [9.17, 15) is 4.79 Å². The van der Waals surface area contributed by atoms with Crippen LogP contribution in [0.25, 0.3) is 0 Å². The Balaban J connectivity index is 1.52. The number of thioether (sulfide) groups is 1. The van der Waals surface area contributed by atoms with Gasteiger partial charge in [0.05, 0.1) is 5.75 Å². The van der Waals surface area contributed by atoms with Gasteiger partial charge in [-0.15, -0.1) is 10.2 Å². The summed E-state index contributed by atoms with van der Waals surface area (Å²) in [5, 5.41) is 8.89. The molecule has 1 aromatic heterocycles. The molecule has 1 amide bonds. The maximum atomic E-state index is 12.2. The van der Waals surface area contributed by atoms with Gasteiger partial charge in [-0.25, -0.2) is 0 Å². The molecule has 1 aliphatic carbocycles. The molecule has 0 unspecified atom stereocenters. The van der Waals surface area contributed by atoms with E-state index in [0.29, 0.717) is 18.3 Å². The van der Waals surface area contributed by atoms with Crippen molar-refractivity contribution in [1.29, 1.82) is 0 Å². The van der Waals surface area contributed by atoms with Crippen molar-refractivity contribution in [3.05, 3.63) is 40.6 Å². The van der Waals surface area contributed by atoms with Crippen LogP contribution in [0, 0.1) is 0 Å². The van der Waals surface area contributed by atoms with E-state index < -0.39 is 0 Å². The highest BCUT2D eigenvalue weighted by Crippen LogP contribution is 2.37. The largest absolute Gasteiger partial charge is 0.341 e. The third kappa shape index (κ3) is 3.89. The number of amides is 1. The van der Waals surface area contributed by atoms with E-state index in [1.165, 1.54) is 24.6 Å². The molecule has 22 heavy (non-hydrogen) atoms. The first-order valence-electron chi connectivity index (χ1n) is 7.14. The molecule has 0 radical (unpaired) electrons. The van der Waals surface area contributed by atoms with Gasteiger partial charge in [-0.3, -0.25) is 4.79 Å². The third-order valence-corrected chi connectivity index (χ3v) is 5.03. The maximum absolute atomic E-state index is 12.2. The number of benzene rings is 1. The standard InChI is InChI=1S/C15H17BrN4OS/c1-19(8-11-2-4-12(16)5-3-11)14(21)9-22-15-18-17-10-20(15)13-6-7-13/h2-5,10,13H,6-9H2,1H3. The molecule has 3 rings (SSSR count). The molecular formula is C15H17BrN4OS. The van der Waals surface area contributed by atoms with Gasteiger partial charge in [-0.05, 0) is 30.5 Å². The number of nitrogens with zero attached hydrogens (tertiary/aromatic N) is 4. The number of carbonyl (C=O) groups excluding carboxylic acids is 1. The molecule has 0 aliphatic heterocycles. The Labute approximate surface area is 142 Å². The number of carbonyl (C=O) groups is 1. The molecule has 0 spiro atoms. The molecular weight excluding hydrogens is 364 g/mol. The molecule has 2 aromatic rings. The summed E-state index contributed by atoms with van der Waals surface area (Å²) in [5.74, 6) is 0.483. The average molecular weight is 381 g/mol. The number of hydrogen-bond donors (Lipinski definition) is 0. The normalized spacial score (nSPS) is 14.1. The van der Waals surface area contributed by atoms with Crippen LogP contribution in [-0.4, -0.2) is 38.4 Å². The van der Waals surface area contributed by atoms with Crippen molar-refractivity contribution >= 4 is 33.6 Å². The zero-order valence-corrected chi connectivity index (χ0v) is 14.7. The van der Waals surface area contributed by atoms with Crippen LogP contribution in [0.4, 0.5) is 0 Å². The van der Waals surface area contributed by atoms with Gasteiger partial charge in [0.2, 0.25) is 5.91 Å². The molecule has 1 aliphatic rings. The van der Waals surface area contributed by atoms with E-state index in [0.717, 1.165) is 15.2 Å². The third-order valence-electron chi connectivity index (χ3n) is 3.56. The van der Waals surface area contributed by atoms with Crippen LogP contribution in [0.2, 0.25) is 0 Å². The lowest BCUT2D eigenvalue weighted by Crippen LogP contribution is -2.27. The minimum Gasteiger partial charge on any atom is -0.341 e. The highest BCUT2D eigenvalue weighted by atomic mass is 79.9. The molecule has 0 N–H and O–H groups in total. The monoisotopic (exact) mass is 380 g/mol. The van der Waals surface area contributed by atoms with Gasteiger partial charge in [0, 0.05) is 24.1 Å². The number of aromatic nitrogens is 3. The second-order valence-corrected chi connectivity index (χ2v) is 7.28. The number of rotatable bonds is 6. The molecule has 0 saturated heterocycles. The lowest BCUT2D eigenvalue weighted by atomic mass is 10.2. The van der Waals surface area contributed by atoms with Crippen LogP contribution in [0.5, 0.6) is 0 Å². The van der Waals surface area contributed by atoms with Crippen LogP contribution in [-0.2, 0) is 11.3 Å².